The van der Waals surface area contributed by atoms with E-state index in [1.807, 2.05) is 37.3 Å². The SMILES string of the molecule is COc1cccnc1C(=O)C(C)c1ccccc1. The molecule has 1 atom stereocenters. The number of nitrogens with zero attached hydrogens (tertiary/aromatic N) is 1. The fraction of sp³-hybridized carbons (Fsp3) is 0.200. The van der Waals surface area contributed by atoms with Gasteiger partial charge in [0.2, 0.25) is 0 Å². The zero-order valence-corrected chi connectivity index (χ0v) is 10.5. The van der Waals surface area contributed by atoms with E-state index in [0.717, 1.165) is 5.56 Å². The Bertz CT molecular complexity index is 537. The normalized spacial score (nSPS) is 11.9. The van der Waals surface area contributed by atoms with Crippen LogP contribution in [0.15, 0.2) is 48.7 Å². The summed E-state index contributed by atoms with van der Waals surface area (Å²) in [6.45, 7) is 1.88. The van der Waals surface area contributed by atoms with Crippen molar-refractivity contribution in [2.45, 2.75) is 12.8 Å². The van der Waals surface area contributed by atoms with Crippen LogP contribution in [0.2, 0.25) is 0 Å². The number of ether oxygens (including phenoxy) is 1. The fourth-order valence-corrected chi connectivity index (χ4v) is 1.84. The summed E-state index contributed by atoms with van der Waals surface area (Å²) < 4.78 is 5.17. The summed E-state index contributed by atoms with van der Waals surface area (Å²) in [5.74, 6) is 0.263. The zero-order chi connectivity index (χ0) is 13.0. The lowest BCUT2D eigenvalue weighted by atomic mass is 9.94. The van der Waals surface area contributed by atoms with Crippen LogP contribution < -0.4 is 4.74 Å². The van der Waals surface area contributed by atoms with Gasteiger partial charge in [-0.2, -0.15) is 0 Å². The number of benzene rings is 1. The van der Waals surface area contributed by atoms with Gasteiger partial charge in [-0.3, -0.25) is 4.79 Å². The van der Waals surface area contributed by atoms with Gasteiger partial charge >= 0.3 is 0 Å². The number of carbonyl (C=O) groups excluding carboxylic acids is 1. The lowest BCUT2D eigenvalue weighted by molar-refractivity contribution is 0.0958. The molecule has 1 aromatic heterocycles. The molecular formula is C15H15NO2. The Morgan fingerprint density at radius 3 is 2.56 bits per heavy atom. The van der Waals surface area contributed by atoms with E-state index < -0.39 is 0 Å². The van der Waals surface area contributed by atoms with Crippen molar-refractivity contribution in [3.8, 4) is 5.75 Å². The molecule has 1 unspecified atom stereocenters. The molecule has 0 bridgehead atoms. The first-order valence-electron chi connectivity index (χ1n) is 5.82. The molecule has 3 heteroatoms. The maximum Gasteiger partial charge on any atom is 0.192 e. The van der Waals surface area contributed by atoms with Crippen LogP contribution in [0, 0.1) is 0 Å². The number of carbonyl (C=O) groups is 1. The van der Waals surface area contributed by atoms with Crippen LogP contribution in [0.5, 0.6) is 5.75 Å². The summed E-state index contributed by atoms with van der Waals surface area (Å²) in [6.07, 6.45) is 1.60. The molecule has 0 aliphatic rings. The van der Waals surface area contributed by atoms with Gasteiger partial charge < -0.3 is 4.74 Å². The first kappa shape index (κ1) is 12.3. The summed E-state index contributed by atoms with van der Waals surface area (Å²) in [6, 6.07) is 13.2. The minimum atomic E-state index is -0.227. The minimum Gasteiger partial charge on any atom is -0.494 e. The van der Waals surface area contributed by atoms with Gasteiger partial charge in [-0.05, 0) is 17.7 Å². The van der Waals surface area contributed by atoms with Crippen LogP contribution in [-0.2, 0) is 0 Å². The first-order chi connectivity index (χ1) is 8.74. The molecule has 0 aliphatic heterocycles. The lowest BCUT2D eigenvalue weighted by Crippen LogP contribution is -2.12. The van der Waals surface area contributed by atoms with Crippen molar-refractivity contribution in [1.29, 1.82) is 0 Å². The third-order valence-corrected chi connectivity index (χ3v) is 2.92. The van der Waals surface area contributed by atoms with Crippen LogP contribution in [0.25, 0.3) is 0 Å². The number of Topliss-reactive ketones (excluding diaryl/α,β-unsaturated/α-hetero) is 1. The Labute approximate surface area is 106 Å². The minimum absolute atomic E-state index is 0.0290. The maximum atomic E-state index is 12.4. The van der Waals surface area contributed by atoms with E-state index >= 15 is 0 Å². The highest BCUT2D eigenvalue weighted by Gasteiger charge is 2.21. The van der Waals surface area contributed by atoms with Gasteiger partial charge in [0.1, 0.15) is 11.4 Å². The summed E-state index contributed by atoms with van der Waals surface area (Å²) in [4.78, 5) is 16.5. The maximum absolute atomic E-state index is 12.4. The number of aromatic nitrogens is 1. The number of rotatable bonds is 4. The number of hydrogen-bond acceptors (Lipinski definition) is 3. The van der Waals surface area contributed by atoms with Gasteiger partial charge in [-0.1, -0.05) is 37.3 Å². The molecule has 18 heavy (non-hydrogen) atoms. The quantitative estimate of drug-likeness (QED) is 0.772. The zero-order valence-electron chi connectivity index (χ0n) is 10.5. The van der Waals surface area contributed by atoms with Gasteiger partial charge in [0.15, 0.2) is 5.78 Å². The highest BCUT2D eigenvalue weighted by molar-refractivity contribution is 6.01. The van der Waals surface area contributed by atoms with Crippen LogP contribution in [0.3, 0.4) is 0 Å². The number of pyridine rings is 1. The number of methoxy groups -OCH3 is 1. The van der Waals surface area contributed by atoms with E-state index in [1.54, 1.807) is 25.4 Å². The highest BCUT2D eigenvalue weighted by Crippen LogP contribution is 2.24. The molecule has 0 aliphatic carbocycles. The average Bonchev–Trinajstić information content (AvgIpc) is 2.46. The monoisotopic (exact) mass is 241 g/mol. The Morgan fingerprint density at radius 2 is 1.89 bits per heavy atom. The van der Waals surface area contributed by atoms with Crippen molar-refractivity contribution in [3.05, 3.63) is 59.9 Å². The number of ketones is 1. The van der Waals surface area contributed by atoms with Gasteiger partial charge in [-0.25, -0.2) is 4.98 Å². The molecule has 1 aromatic carbocycles. The van der Waals surface area contributed by atoms with Gasteiger partial charge in [0.05, 0.1) is 7.11 Å². The summed E-state index contributed by atoms with van der Waals surface area (Å²) in [5, 5.41) is 0. The molecule has 2 rings (SSSR count). The van der Waals surface area contributed by atoms with Gasteiger partial charge in [0, 0.05) is 12.1 Å². The van der Waals surface area contributed by atoms with E-state index in [2.05, 4.69) is 4.98 Å². The van der Waals surface area contributed by atoms with Crippen molar-refractivity contribution in [2.75, 3.05) is 7.11 Å². The Balaban J connectivity index is 2.32. The smallest absolute Gasteiger partial charge is 0.192 e. The highest BCUT2D eigenvalue weighted by atomic mass is 16.5. The molecule has 0 fully saturated rings. The third kappa shape index (κ3) is 2.40. The molecule has 1 heterocycles. The van der Waals surface area contributed by atoms with Crippen molar-refractivity contribution in [3.63, 3.8) is 0 Å². The molecule has 92 valence electrons. The molecule has 3 nitrogen and oxygen atoms in total. The van der Waals surface area contributed by atoms with E-state index in [0.29, 0.717) is 11.4 Å². The van der Waals surface area contributed by atoms with Crippen molar-refractivity contribution >= 4 is 5.78 Å². The molecule has 0 radical (unpaired) electrons. The fourth-order valence-electron chi connectivity index (χ4n) is 1.84. The lowest BCUT2D eigenvalue weighted by Gasteiger charge is -2.12. The second-order valence-electron chi connectivity index (χ2n) is 4.05. The van der Waals surface area contributed by atoms with E-state index in [1.165, 1.54) is 0 Å². The van der Waals surface area contributed by atoms with E-state index in [-0.39, 0.29) is 11.7 Å². The van der Waals surface area contributed by atoms with Gasteiger partial charge in [-0.15, -0.1) is 0 Å². The predicted molar refractivity (Wildman–Crippen MR) is 70.0 cm³/mol. The Kier molecular flexibility index (Phi) is 3.72. The molecule has 0 saturated heterocycles. The van der Waals surface area contributed by atoms with Crippen molar-refractivity contribution in [2.24, 2.45) is 0 Å². The average molecular weight is 241 g/mol. The van der Waals surface area contributed by atoms with Crippen LogP contribution >= 0.6 is 0 Å². The molecule has 0 N–H and O–H groups in total. The van der Waals surface area contributed by atoms with Crippen molar-refractivity contribution < 1.29 is 9.53 Å². The van der Waals surface area contributed by atoms with Crippen molar-refractivity contribution in [1.82, 2.24) is 4.98 Å². The number of hydrogen-bond donors (Lipinski definition) is 0. The Morgan fingerprint density at radius 1 is 1.17 bits per heavy atom. The summed E-state index contributed by atoms with van der Waals surface area (Å²) in [5.41, 5.74) is 1.37. The summed E-state index contributed by atoms with van der Waals surface area (Å²) in [7, 11) is 1.54. The second kappa shape index (κ2) is 5.45. The molecule has 2 aromatic rings. The first-order valence-corrected chi connectivity index (χ1v) is 5.82. The largest absolute Gasteiger partial charge is 0.494 e. The topological polar surface area (TPSA) is 39.2 Å². The molecule has 0 spiro atoms. The molecule has 0 amide bonds. The summed E-state index contributed by atoms with van der Waals surface area (Å²) >= 11 is 0. The Hall–Kier alpha value is -2.16. The molecule has 0 saturated carbocycles. The molecular weight excluding hydrogens is 226 g/mol. The predicted octanol–water partition coefficient (Wildman–Crippen LogP) is 3.08. The third-order valence-electron chi connectivity index (χ3n) is 2.92. The van der Waals surface area contributed by atoms with E-state index in [4.69, 9.17) is 4.74 Å². The standard InChI is InChI=1S/C15H15NO2/c1-11(12-7-4-3-5-8-12)15(17)14-13(18-2)9-6-10-16-14/h3-11H,1-2H3. The van der Waals surface area contributed by atoms with Crippen LogP contribution in [0.4, 0.5) is 0 Å². The van der Waals surface area contributed by atoms with Crippen LogP contribution in [0.1, 0.15) is 28.9 Å². The second-order valence-corrected chi connectivity index (χ2v) is 4.05. The van der Waals surface area contributed by atoms with Gasteiger partial charge in [0.25, 0.3) is 0 Å². The van der Waals surface area contributed by atoms with E-state index in [9.17, 15) is 4.79 Å². The van der Waals surface area contributed by atoms with Crippen LogP contribution in [-0.4, -0.2) is 17.9 Å².